The molecule has 0 aromatic carbocycles. The fraction of sp³-hybridized carbons (Fsp3) is 0.364. The highest BCUT2D eigenvalue weighted by atomic mass is 32.2. The highest BCUT2D eigenvalue weighted by Crippen LogP contribution is 2.09. The smallest absolute Gasteiger partial charge is 0.356 e. The van der Waals surface area contributed by atoms with Crippen LogP contribution in [0.15, 0.2) is 18.2 Å². The van der Waals surface area contributed by atoms with Crippen molar-refractivity contribution in [2.45, 2.75) is 12.8 Å². The fourth-order valence-electron chi connectivity index (χ4n) is 1.17. The first kappa shape index (κ1) is 13.1. The number of carbonyl (C=O) groups is 1. The Bertz CT molecular complexity index is 393. The van der Waals surface area contributed by atoms with Crippen LogP contribution >= 0.6 is 24.0 Å². The maximum Gasteiger partial charge on any atom is 0.356 e. The number of hydrogen-bond donors (Lipinski definition) is 0. The predicted octanol–water partition coefficient (Wildman–Crippen LogP) is 2.49. The third kappa shape index (κ3) is 3.90. The molecule has 1 heterocycles. The molecule has 0 bridgehead atoms. The zero-order chi connectivity index (χ0) is 12.0. The molecule has 0 aliphatic heterocycles. The van der Waals surface area contributed by atoms with Gasteiger partial charge in [-0.25, -0.2) is 9.78 Å². The Balaban J connectivity index is 2.67. The molecule has 0 amide bonds. The van der Waals surface area contributed by atoms with Gasteiger partial charge in [0.25, 0.3) is 0 Å². The lowest BCUT2D eigenvalue weighted by atomic mass is 10.2. The number of esters is 1. The molecule has 1 rings (SSSR count). The summed E-state index contributed by atoms with van der Waals surface area (Å²) in [4.78, 5) is 15.5. The Morgan fingerprint density at radius 3 is 2.94 bits per heavy atom. The van der Waals surface area contributed by atoms with Crippen molar-refractivity contribution < 1.29 is 9.53 Å². The number of methoxy groups -OCH3 is 1. The number of thiocarbonyl (C=S) groups is 1. The number of rotatable bonds is 4. The predicted molar refractivity (Wildman–Crippen MR) is 70.0 cm³/mol. The molecule has 0 saturated heterocycles. The summed E-state index contributed by atoms with van der Waals surface area (Å²) in [5, 5.41) is 0. The zero-order valence-electron chi connectivity index (χ0n) is 9.23. The van der Waals surface area contributed by atoms with Gasteiger partial charge in [-0.1, -0.05) is 18.3 Å². The average Bonchev–Trinajstić information content (AvgIpc) is 2.35. The van der Waals surface area contributed by atoms with Crippen molar-refractivity contribution in [1.82, 2.24) is 4.98 Å². The van der Waals surface area contributed by atoms with Gasteiger partial charge in [-0.2, -0.15) is 0 Å². The van der Waals surface area contributed by atoms with Crippen LogP contribution in [0.3, 0.4) is 0 Å². The molecule has 0 N–H and O–H groups in total. The molecular weight excluding hydrogens is 242 g/mol. The maximum absolute atomic E-state index is 11.2. The molecule has 5 heteroatoms. The number of nitrogens with zero attached hydrogens (tertiary/aromatic N) is 1. The molecule has 0 fully saturated rings. The molecule has 0 aliphatic carbocycles. The first-order valence-corrected chi connectivity index (χ1v) is 6.41. The number of pyridine rings is 1. The fourth-order valence-corrected chi connectivity index (χ4v) is 1.58. The first-order valence-electron chi connectivity index (χ1n) is 4.78. The molecule has 1 aromatic heterocycles. The van der Waals surface area contributed by atoms with Crippen molar-refractivity contribution in [2.24, 2.45) is 0 Å². The SMILES string of the molecule is COC(=O)c1cccc(CCC(=S)SC)n1. The molecule has 0 saturated carbocycles. The first-order chi connectivity index (χ1) is 7.67. The summed E-state index contributed by atoms with van der Waals surface area (Å²) in [5.41, 5.74) is 1.20. The Morgan fingerprint density at radius 1 is 1.56 bits per heavy atom. The lowest BCUT2D eigenvalue weighted by Crippen LogP contribution is -2.06. The standard InChI is InChI=1S/C11H13NO2S2/c1-14-11(13)9-5-3-4-8(12-9)6-7-10(15)16-2/h3-5H,6-7H2,1-2H3. The van der Waals surface area contributed by atoms with Gasteiger partial charge < -0.3 is 4.74 Å². The van der Waals surface area contributed by atoms with Crippen LogP contribution in [-0.4, -0.2) is 28.5 Å². The summed E-state index contributed by atoms with van der Waals surface area (Å²) in [6, 6.07) is 5.33. The van der Waals surface area contributed by atoms with Crippen LogP contribution in [0.25, 0.3) is 0 Å². The minimum atomic E-state index is -0.408. The maximum atomic E-state index is 11.2. The topological polar surface area (TPSA) is 39.2 Å². The van der Waals surface area contributed by atoms with E-state index in [1.165, 1.54) is 7.11 Å². The number of carbonyl (C=O) groups excluding carboxylic acids is 1. The molecule has 0 atom stereocenters. The number of hydrogen-bond acceptors (Lipinski definition) is 5. The molecule has 0 aliphatic rings. The normalized spacial score (nSPS) is 9.88. The minimum Gasteiger partial charge on any atom is -0.464 e. The Hall–Kier alpha value is -0.940. The molecular formula is C11H13NO2S2. The molecule has 16 heavy (non-hydrogen) atoms. The lowest BCUT2D eigenvalue weighted by molar-refractivity contribution is 0.0593. The second-order valence-corrected chi connectivity index (χ2v) is 4.73. The van der Waals surface area contributed by atoms with E-state index >= 15 is 0 Å². The van der Waals surface area contributed by atoms with Crippen LogP contribution in [0.2, 0.25) is 0 Å². The van der Waals surface area contributed by atoms with Crippen molar-refractivity contribution in [2.75, 3.05) is 13.4 Å². The van der Waals surface area contributed by atoms with Gasteiger partial charge in [0.1, 0.15) is 5.69 Å². The van der Waals surface area contributed by atoms with E-state index in [-0.39, 0.29) is 0 Å². The molecule has 0 spiro atoms. The minimum absolute atomic E-state index is 0.343. The van der Waals surface area contributed by atoms with Crippen LogP contribution in [0.5, 0.6) is 0 Å². The highest BCUT2D eigenvalue weighted by Gasteiger charge is 2.07. The van der Waals surface area contributed by atoms with Crippen LogP contribution in [-0.2, 0) is 11.2 Å². The lowest BCUT2D eigenvalue weighted by Gasteiger charge is -2.03. The van der Waals surface area contributed by atoms with Gasteiger partial charge in [0.15, 0.2) is 0 Å². The third-order valence-corrected chi connectivity index (χ3v) is 3.38. The van der Waals surface area contributed by atoms with Crippen LogP contribution in [0.4, 0.5) is 0 Å². The monoisotopic (exact) mass is 255 g/mol. The molecule has 0 unspecified atom stereocenters. The van der Waals surface area contributed by atoms with Crippen LogP contribution in [0.1, 0.15) is 22.6 Å². The molecule has 0 radical (unpaired) electrons. The van der Waals surface area contributed by atoms with E-state index in [1.807, 2.05) is 12.3 Å². The van der Waals surface area contributed by atoms with Crippen molar-refractivity contribution in [3.05, 3.63) is 29.6 Å². The summed E-state index contributed by atoms with van der Waals surface area (Å²) in [6.07, 6.45) is 3.51. The number of aryl methyl sites for hydroxylation is 1. The van der Waals surface area contributed by atoms with Crippen LogP contribution < -0.4 is 0 Å². The van der Waals surface area contributed by atoms with Gasteiger partial charge in [0.2, 0.25) is 0 Å². The van der Waals surface area contributed by atoms with Crippen molar-refractivity contribution >= 4 is 34.1 Å². The van der Waals surface area contributed by atoms with Gasteiger partial charge >= 0.3 is 5.97 Å². The van der Waals surface area contributed by atoms with Gasteiger partial charge in [0.05, 0.1) is 7.11 Å². The van der Waals surface area contributed by atoms with E-state index in [1.54, 1.807) is 23.9 Å². The van der Waals surface area contributed by atoms with E-state index in [0.717, 1.165) is 22.7 Å². The van der Waals surface area contributed by atoms with Gasteiger partial charge in [-0.05, 0) is 31.2 Å². The highest BCUT2D eigenvalue weighted by molar-refractivity contribution is 8.22. The van der Waals surface area contributed by atoms with Crippen molar-refractivity contribution in [1.29, 1.82) is 0 Å². The summed E-state index contributed by atoms with van der Waals surface area (Å²) >= 11 is 6.68. The summed E-state index contributed by atoms with van der Waals surface area (Å²) in [7, 11) is 1.35. The number of aromatic nitrogens is 1. The number of thioether (sulfide) groups is 1. The van der Waals surface area contributed by atoms with Crippen molar-refractivity contribution in [3.8, 4) is 0 Å². The van der Waals surface area contributed by atoms with E-state index < -0.39 is 5.97 Å². The second kappa shape index (κ2) is 6.60. The summed E-state index contributed by atoms with van der Waals surface area (Å²) in [6.45, 7) is 0. The summed E-state index contributed by atoms with van der Waals surface area (Å²) < 4.78 is 5.56. The van der Waals surface area contributed by atoms with Gasteiger partial charge in [-0.3, -0.25) is 0 Å². The Morgan fingerprint density at radius 2 is 2.31 bits per heavy atom. The zero-order valence-corrected chi connectivity index (χ0v) is 10.9. The average molecular weight is 255 g/mol. The van der Waals surface area contributed by atoms with Gasteiger partial charge in [-0.15, -0.1) is 11.8 Å². The summed E-state index contributed by atoms with van der Waals surface area (Å²) in [5.74, 6) is -0.408. The molecule has 1 aromatic rings. The van der Waals surface area contributed by atoms with Gasteiger partial charge in [0, 0.05) is 9.89 Å². The molecule has 86 valence electrons. The van der Waals surface area contributed by atoms with Crippen LogP contribution in [0, 0.1) is 0 Å². The Kier molecular flexibility index (Phi) is 5.42. The number of ether oxygens (including phenoxy) is 1. The van der Waals surface area contributed by atoms with E-state index in [0.29, 0.717) is 5.69 Å². The third-order valence-electron chi connectivity index (χ3n) is 2.01. The van der Waals surface area contributed by atoms with Crippen molar-refractivity contribution in [3.63, 3.8) is 0 Å². The second-order valence-electron chi connectivity index (χ2n) is 3.08. The Labute approximate surface area is 105 Å². The molecule has 3 nitrogen and oxygen atoms in total. The van der Waals surface area contributed by atoms with E-state index in [4.69, 9.17) is 12.2 Å². The van der Waals surface area contributed by atoms with E-state index in [2.05, 4.69) is 9.72 Å². The largest absolute Gasteiger partial charge is 0.464 e. The quantitative estimate of drug-likeness (QED) is 0.610. The van der Waals surface area contributed by atoms with E-state index in [9.17, 15) is 4.79 Å².